The Bertz CT molecular complexity index is 412. The van der Waals surface area contributed by atoms with Gasteiger partial charge in [-0.25, -0.2) is 4.79 Å². The van der Waals surface area contributed by atoms with Crippen LogP contribution in [0.3, 0.4) is 0 Å². The fourth-order valence-corrected chi connectivity index (χ4v) is 1.34. The first-order valence-corrected chi connectivity index (χ1v) is 6.24. The lowest BCUT2D eigenvalue weighted by atomic mass is 10.3. The minimum Gasteiger partial charge on any atom is -0.494 e. The molecule has 1 rings (SSSR count). The topological polar surface area (TPSA) is 50.7 Å². The van der Waals surface area contributed by atoms with Crippen LogP contribution >= 0.6 is 11.6 Å². The number of benzene rings is 1. The van der Waals surface area contributed by atoms with Gasteiger partial charge in [0, 0.05) is 5.69 Å². The minimum atomic E-state index is -0.484. The Morgan fingerprint density at radius 2 is 2.06 bits per heavy atom. The van der Waals surface area contributed by atoms with E-state index in [1.165, 1.54) is 0 Å². The summed E-state index contributed by atoms with van der Waals surface area (Å²) < 4.78 is 5.51. The molecule has 1 aromatic carbocycles. The van der Waals surface area contributed by atoms with Gasteiger partial charge in [-0.2, -0.15) is 4.99 Å². The molecule has 0 aliphatic heterocycles. The van der Waals surface area contributed by atoms with Crippen molar-refractivity contribution >= 4 is 28.5 Å². The van der Waals surface area contributed by atoms with E-state index >= 15 is 0 Å². The first-order valence-electron chi connectivity index (χ1n) is 5.86. The monoisotopic (exact) mass is 268 g/mol. The number of hydrogen-bond acceptors (Lipinski definition) is 2. The molecule has 0 saturated heterocycles. The number of halogens is 1. The summed E-state index contributed by atoms with van der Waals surface area (Å²) in [5.41, 5.74) is 0.657. The number of nitrogens with one attached hydrogen (secondary N) is 1. The average Bonchev–Trinajstić information content (AvgIpc) is 2.30. The molecule has 0 spiro atoms. The van der Waals surface area contributed by atoms with Crippen LogP contribution in [0.5, 0.6) is 5.75 Å². The lowest BCUT2D eigenvalue weighted by molar-refractivity contribution is 0.259. The number of hydrogen-bond donors (Lipinski definition) is 1. The lowest BCUT2D eigenvalue weighted by Crippen LogP contribution is -2.07. The van der Waals surface area contributed by atoms with E-state index in [9.17, 15) is 4.79 Å². The Labute approximate surface area is 112 Å². The summed E-state index contributed by atoms with van der Waals surface area (Å²) in [5, 5.41) is 2.80. The molecule has 1 N–H and O–H groups in total. The van der Waals surface area contributed by atoms with Crippen LogP contribution in [0.1, 0.15) is 26.7 Å². The van der Waals surface area contributed by atoms with Crippen molar-refractivity contribution < 1.29 is 9.53 Å². The molecule has 0 unspecified atom stereocenters. The molecule has 0 fully saturated rings. The van der Waals surface area contributed by atoms with Crippen molar-refractivity contribution in [1.82, 2.24) is 0 Å². The maximum atomic E-state index is 11.3. The first kappa shape index (κ1) is 14.5. The molecule has 0 aliphatic carbocycles. The second-order valence-electron chi connectivity index (χ2n) is 3.77. The molecule has 4 nitrogen and oxygen atoms in total. The zero-order chi connectivity index (χ0) is 13.4. The molecule has 0 saturated carbocycles. The highest BCUT2D eigenvalue weighted by Crippen LogP contribution is 2.16. The Kier molecular flexibility index (Phi) is 6.22. The fraction of sp³-hybridized carbons (Fsp3) is 0.385. The molecule has 18 heavy (non-hydrogen) atoms. The molecular formula is C13H17ClN2O2. The molecule has 98 valence electrons. The summed E-state index contributed by atoms with van der Waals surface area (Å²) in [4.78, 5) is 14.9. The number of aliphatic imine (C=N–C) groups is 1. The van der Waals surface area contributed by atoms with Gasteiger partial charge in [-0.15, -0.1) is 0 Å². The molecule has 0 heterocycles. The Hall–Kier alpha value is -1.55. The van der Waals surface area contributed by atoms with Gasteiger partial charge in [0.15, 0.2) is 0 Å². The normalized spacial score (nSPS) is 11.2. The zero-order valence-electron chi connectivity index (χ0n) is 10.6. The van der Waals surface area contributed by atoms with Gasteiger partial charge in [-0.1, -0.05) is 24.9 Å². The molecule has 0 radical (unpaired) electrons. The van der Waals surface area contributed by atoms with Crippen molar-refractivity contribution in [2.75, 3.05) is 11.9 Å². The van der Waals surface area contributed by atoms with Crippen LogP contribution in [0.15, 0.2) is 29.3 Å². The maximum Gasteiger partial charge on any atom is 0.346 e. The van der Waals surface area contributed by atoms with E-state index in [-0.39, 0.29) is 5.17 Å². The second-order valence-corrected chi connectivity index (χ2v) is 4.31. The number of urea groups is 1. The van der Waals surface area contributed by atoms with Gasteiger partial charge in [0.2, 0.25) is 0 Å². The smallest absolute Gasteiger partial charge is 0.346 e. The van der Waals surface area contributed by atoms with Gasteiger partial charge in [-0.3, -0.25) is 0 Å². The van der Waals surface area contributed by atoms with Gasteiger partial charge in [-0.05, 0) is 37.6 Å². The van der Waals surface area contributed by atoms with E-state index in [1.54, 1.807) is 19.1 Å². The number of carbonyl (C=O) groups is 1. The van der Waals surface area contributed by atoms with Crippen molar-refractivity contribution in [2.24, 2.45) is 4.99 Å². The predicted octanol–water partition coefficient (Wildman–Crippen LogP) is 4.05. The molecule has 0 bridgehead atoms. The van der Waals surface area contributed by atoms with Gasteiger partial charge in [0.05, 0.1) is 6.61 Å². The molecule has 1 aromatic rings. The Morgan fingerprint density at radius 3 is 2.61 bits per heavy atom. The van der Waals surface area contributed by atoms with E-state index in [0.29, 0.717) is 12.3 Å². The second kappa shape index (κ2) is 7.71. The van der Waals surface area contributed by atoms with Crippen molar-refractivity contribution in [3.63, 3.8) is 0 Å². The number of amides is 2. The number of anilines is 1. The summed E-state index contributed by atoms with van der Waals surface area (Å²) in [6.45, 7) is 4.37. The third kappa shape index (κ3) is 5.68. The number of unbranched alkanes of at least 4 members (excludes halogenated alkanes) is 1. The summed E-state index contributed by atoms with van der Waals surface area (Å²) in [6.07, 6.45) is 2.13. The Balaban J connectivity index is 2.50. The number of ether oxygens (including phenoxy) is 1. The number of rotatable bonds is 5. The first-order chi connectivity index (χ1) is 8.61. The van der Waals surface area contributed by atoms with E-state index in [0.717, 1.165) is 18.6 Å². The quantitative estimate of drug-likeness (QED) is 0.647. The van der Waals surface area contributed by atoms with Crippen LogP contribution in [0.4, 0.5) is 10.5 Å². The molecule has 0 atom stereocenters. The number of nitrogens with zero attached hydrogens (tertiary/aromatic N) is 1. The van der Waals surface area contributed by atoms with E-state index in [2.05, 4.69) is 17.2 Å². The highest BCUT2D eigenvalue weighted by molar-refractivity contribution is 6.65. The molecular weight excluding hydrogens is 252 g/mol. The molecule has 0 aliphatic rings. The largest absolute Gasteiger partial charge is 0.494 e. The van der Waals surface area contributed by atoms with Crippen LogP contribution in [0.2, 0.25) is 0 Å². The van der Waals surface area contributed by atoms with Crippen LogP contribution in [0.25, 0.3) is 0 Å². The van der Waals surface area contributed by atoms with Crippen LogP contribution in [-0.2, 0) is 0 Å². The number of carbonyl (C=O) groups excluding carboxylic acids is 1. The van der Waals surface area contributed by atoms with Crippen LogP contribution in [-0.4, -0.2) is 17.8 Å². The SMILES string of the molecule is CCCCOc1ccc(NC(=O)N=C(C)Cl)cc1. The minimum absolute atomic E-state index is 0.201. The molecule has 2 amide bonds. The van der Waals surface area contributed by atoms with Crippen molar-refractivity contribution in [3.05, 3.63) is 24.3 Å². The van der Waals surface area contributed by atoms with E-state index in [1.807, 2.05) is 12.1 Å². The zero-order valence-corrected chi connectivity index (χ0v) is 11.3. The fourth-order valence-electron chi connectivity index (χ4n) is 1.26. The van der Waals surface area contributed by atoms with Crippen molar-refractivity contribution in [3.8, 4) is 5.75 Å². The summed E-state index contributed by atoms with van der Waals surface area (Å²) in [6, 6.07) is 6.66. The molecule has 0 aromatic heterocycles. The van der Waals surface area contributed by atoms with E-state index < -0.39 is 6.03 Å². The summed E-state index contributed by atoms with van der Waals surface area (Å²) >= 11 is 5.50. The van der Waals surface area contributed by atoms with E-state index in [4.69, 9.17) is 16.3 Å². The van der Waals surface area contributed by atoms with Crippen LogP contribution in [0, 0.1) is 0 Å². The third-order valence-corrected chi connectivity index (χ3v) is 2.21. The van der Waals surface area contributed by atoms with Crippen LogP contribution < -0.4 is 10.1 Å². The third-order valence-electron chi connectivity index (χ3n) is 2.13. The maximum absolute atomic E-state index is 11.3. The van der Waals surface area contributed by atoms with Gasteiger partial charge < -0.3 is 10.1 Å². The standard InChI is InChI=1S/C13H17ClN2O2/c1-3-4-9-18-12-7-5-11(6-8-12)16-13(17)15-10(2)14/h5-8H,3-4,9H2,1-2H3,(H,16,17). The van der Waals surface area contributed by atoms with Crippen molar-refractivity contribution in [2.45, 2.75) is 26.7 Å². The lowest BCUT2D eigenvalue weighted by Gasteiger charge is -2.06. The van der Waals surface area contributed by atoms with Gasteiger partial charge in [0.25, 0.3) is 0 Å². The van der Waals surface area contributed by atoms with Gasteiger partial charge >= 0.3 is 6.03 Å². The predicted molar refractivity (Wildman–Crippen MR) is 74.8 cm³/mol. The summed E-state index contributed by atoms with van der Waals surface area (Å²) in [5.74, 6) is 0.790. The van der Waals surface area contributed by atoms with Crippen molar-refractivity contribution in [1.29, 1.82) is 0 Å². The van der Waals surface area contributed by atoms with Gasteiger partial charge in [0.1, 0.15) is 10.9 Å². The Morgan fingerprint density at radius 1 is 1.39 bits per heavy atom. The molecule has 5 heteroatoms. The summed E-state index contributed by atoms with van der Waals surface area (Å²) in [7, 11) is 0. The highest BCUT2D eigenvalue weighted by Gasteiger charge is 2.00. The highest BCUT2D eigenvalue weighted by atomic mass is 35.5. The average molecular weight is 269 g/mol.